The molecule has 5 heteroatoms. The lowest BCUT2D eigenvalue weighted by molar-refractivity contribution is 0.928. The number of nitrogens with one attached hydrogen (secondary N) is 1. The van der Waals surface area contributed by atoms with Gasteiger partial charge in [-0.15, -0.1) is 0 Å². The lowest BCUT2D eigenvalue weighted by Crippen LogP contribution is -2.03. The maximum atomic E-state index is 5.58. The average Bonchev–Trinajstić information content (AvgIpc) is 2.77. The van der Waals surface area contributed by atoms with E-state index in [1.54, 1.807) is 0 Å². The van der Waals surface area contributed by atoms with Crippen LogP contribution in [0.25, 0.3) is 16.8 Å². The van der Waals surface area contributed by atoms with Crippen LogP contribution in [0.5, 0.6) is 0 Å². The summed E-state index contributed by atoms with van der Waals surface area (Å²) < 4.78 is 3.10. The van der Waals surface area contributed by atoms with E-state index in [1.165, 1.54) is 5.56 Å². The van der Waals surface area contributed by atoms with Crippen LogP contribution < -0.4 is 5.73 Å². The molecule has 2 heterocycles. The van der Waals surface area contributed by atoms with Crippen molar-refractivity contribution in [2.45, 2.75) is 13.3 Å². The highest BCUT2D eigenvalue weighted by atomic mass is 79.9. The number of imidazole rings is 2. The fourth-order valence-electron chi connectivity index (χ4n) is 2.10. The van der Waals surface area contributed by atoms with Crippen LogP contribution in [0.3, 0.4) is 0 Å². The Hall–Kier alpha value is -1.33. The third-order valence-electron chi connectivity index (χ3n) is 2.91. The molecule has 2 aromatic heterocycles. The number of fused-ring (bicyclic) bond motifs is 3. The minimum atomic E-state index is 0.624. The Kier molecular flexibility index (Phi) is 2.45. The van der Waals surface area contributed by atoms with Gasteiger partial charge in [-0.1, -0.05) is 6.07 Å². The zero-order valence-electron chi connectivity index (χ0n) is 9.50. The minimum absolute atomic E-state index is 0.624. The van der Waals surface area contributed by atoms with Crippen LogP contribution in [-0.4, -0.2) is 20.9 Å². The van der Waals surface area contributed by atoms with E-state index in [9.17, 15) is 0 Å². The number of aromatic nitrogens is 3. The van der Waals surface area contributed by atoms with Crippen LogP contribution in [0, 0.1) is 6.92 Å². The van der Waals surface area contributed by atoms with Gasteiger partial charge in [0.2, 0.25) is 5.78 Å². The molecule has 4 nitrogen and oxygen atoms in total. The van der Waals surface area contributed by atoms with E-state index >= 15 is 0 Å². The fraction of sp³-hybridized carbons (Fsp3) is 0.250. The first-order chi connectivity index (χ1) is 8.20. The topological polar surface area (TPSA) is 59.1 Å². The zero-order valence-corrected chi connectivity index (χ0v) is 11.1. The molecule has 0 atom stereocenters. The highest BCUT2D eigenvalue weighted by Gasteiger charge is 2.13. The second kappa shape index (κ2) is 3.85. The Morgan fingerprint density at radius 1 is 1.47 bits per heavy atom. The molecule has 3 aromatic rings. The Morgan fingerprint density at radius 3 is 3.06 bits per heavy atom. The zero-order chi connectivity index (χ0) is 12.0. The van der Waals surface area contributed by atoms with Gasteiger partial charge < -0.3 is 10.7 Å². The van der Waals surface area contributed by atoms with Crippen molar-refractivity contribution in [3.05, 3.63) is 34.1 Å². The van der Waals surface area contributed by atoms with E-state index in [0.717, 1.165) is 33.5 Å². The van der Waals surface area contributed by atoms with Gasteiger partial charge in [-0.2, -0.15) is 0 Å². The van der Waals surface area contributed by atoms with Crippen LogP contribution in [0.4, 0.5) is 0 Å². The molecular weight excluding hydrogens is 280 g/mol. The largest absolute Gasteiger partial charge is 0.330 e. The second-order valence-electron chi connectivity index (χ2n) is 4.20. The summed E-state index contributed by atoms with van der Waals surface area (Å²) in [5.41, 5.74) is 10.0. The van der Waals surface area contributed by atoms with Crippen molar-refractivity contribution in [2.24, 2.45) is 5.73 Å². The number of benzene rings is 1. The highest BCUT2D eigenvalue weighted by Crippen LogP contribution is 2.25. The van der Waals surface area contributed by atoms with Gasteiger partial charge in [0.15, 0.2) is 0 Å². The number of aryl methyl sites for hydroxylation is 1. The highest BCUT2D eigenvalue weighted by molar-refractivity contribution is 9.10. The first kappa shape index (κ1) is 10.8. The summed E-state index contributed by atoms with van der Waals surface area (Å²) in [4.78, 5) is 7.88. The summed E-state index contributed by atoms with van der Waals surface area (Å²) in [7, 11) is 0. The molecule has 0 bridgehead atoms. The monoisotopic (exact) mass is 292 g/mol. The van der Waals surface area contributed by atoms with E-state index in [1.807, 2.05) is 0 Å². The first-order valence-electron chi connectivity index (χ1n) is 5.56. The number of rotatable bonds is 2. The van der Waals surface area contributed by atoms with E-state index in [-0.39, 0.29) is 0 Å². The lowest BCUT2D eigenvalue weighted by atomic mass is 10.2. The first-order valence-corrected chi connectivity index (χ1v) is 6.35. The van der Waals surface area contributed by atoms with Gasteiger partial charge in [0.1, 0.15) is 4.60 Å². The van der Waals surface area contributed by atoms with Crippen LogP contribution in [0.1, 0.15) is 11.3 Å². The van der Waals surface area contributed by atoms with E-state index in [4.69, 9.17) is 5.73 Å². The molecule has 17 heavy (non-hydrogen) atoms. The SMILES string of the molecule is Cc1ccc2c(c1)nc1[nH]c(CCN)c(Br)n12. The Labute approximate surface area is 107 Å². The molecule has 0 amide bonds. The van der Waals surface area contributed by atoms with Crippen molar-refractivity contribution in [1.82, 2.24) is 14.4 Å². The van der Waals surface area contributed by atoms with Crippen molar-refractivity contribution in [3.8, 4) is 0 Å². The van der Waals surface area contributed by atoms with Crippen molar-refractivity contribution >= 4 is 32.7 Å². The number of hydrogen-bond acceptors (Lipinski definition) is 2. The molecule has 0 aliphatic carbocycles. The lowest BCUT2D eigenvalue weighted by Gasteiger charge is -1.97. The molecule has 3 rings (SSSR count). The Bertz CT molecular complexity index is 695. The number of aromatic amines is 1. The number of halogens is 1. The Morgan fingerprint density at radius 2 is 2.29 bits per heavy atom. The molecule has 0 unspecified atom stereocenters. The molecule has 0 spiro atoms. The molecule has 0 saturated carbocycles. The van der Waals surface area contributed by atoms with Crippen LogP contribution in [-0.2, 0) is 6.42 Å². The summed E-state index contributed by atoms with van der Waals surface area (Å²) in [6.07, 6.45) is 0.817. The molecule has 0 radical (unpaired) electrons. The van der Waals surface area contributed by atoms with Crippen molar-refractivity contribution in [2.75, 3.05) is 6.54 Å². The van der Waals surface area contributed by atoms with Gasteiger partial charge in [-0.3, -0.25) is 4.40 Å². The third-order valence-corrected chi connectivity index (χ3v) is 3.75. The third kappa shape index (κ3) is 1.57. The molecule has 0 aliphatic heterocycles. The van der Waals surface area contributed by atoms with Gasteiger partial charge in [0.05, 0.1) is 16.7 Å². The van der Waals surface area contributed by atoms with E-state index in [0.29, 0.717) is 6.54 Å². The molecule has 1 aromatic carbocycles. The normalized spacial score (nSPS) is 11.7. The molecule has 0 saturated heterocycles. The smallest absolute Gasteiger partial charge is 0.213 e. The van der Waals surface area contributed by atoms with Gasteiger partial charge in [-0.05, 0) is 47.1 Å². The van der Waals surface area contributed by atoms with Crippen LogP contribution in [0.15, 0.2) is 22.8 Å². The molecule has 0 aliphatic rings. The summed E-state index contributed by atoms with van der Waals surface area (Å²) in [5, 5.41) is 0. The number of H-pyrrole nitrogens is 1. The van der Waals surface area contributed by atoms with Gasteiger partial charge in [-0.25, -0.2) is 4.98 Å². The predicted molar refractivity (Wildman–Crippen MR) is 72.2 cm³/mol. The average molecular weight is 293 g/mol. The van der Waals surface area contributed by atoms with Gasteiger partial charge in [0, 0.05) is 6.42 Å². The molecule has 88 valence electrons. The molecule has 0 fully saturated rings. The maximum Gasteiger partial charge on any atom is 0.213 e. The second-order valence-corrected chi connectivity index (χ2v) is 4.95. The van der Waals surface area contributed by atoms with Crippen molar-refractivity contribution < 1.29 is 0 Å². The van der Waals surface area contributed by atoms with Crippen LogP contribution >= 0.6 is 15.9 Å². The fourth-order valence-corrected chi connectivity index (χ4v) is 2.76. The van der Waals surface area contributed by atoms with Crippen molar-refractivity contribution in [1.29, 1.82) is 0 Å². The summed E-state index contributed by atoms with van der Waals surface area (Å²) >= 11 is 3.61. The molecular formula is C12H13BrN4. The van der Waals surface area contributed by atoms with Gasteiger partial charge >= 0.3 is 0 Å². The number of nitrogens with two attached hydrogens (primary N) is 1. The number of hydrogen-bond donors (Lipinski definition) is 2. The Balaban J connectivity index is 2.34. The summed E-state index contributed by atoms with van der Waals surface area (Å²) in [6.45, 7) is 2.70. The van der Waals surface area contributed by atoms with Crippen LogP contribution in [0.2, 0.25) is 0 Å². The predicted octanol–water partition coefficient (Wildman–Crippen LogP) is 2.39. The van der Waals surface area contributed by atoms with Gasteiger partial charge in [0.25, 0.3) is 0 Å². The number of nitrogens with zero attached hydrogens (tertiary/aromatic N) is 2. The minimum Gasteiger partial charge on any atom is -0.330 e. The maximum absolute atomic E-state index is 5.58. The summed E-state index contributed by atoms with van der Waals surface area (Å²) in [6, 6.07) is 6.28. The van der Waals surface area contributed by atoms with Crippen molar-refractivity contribution in [3.63, 3.8) is 0 Å². The standard InChI is InChI=1S/C12H13BrN4/c1-7-2-3-10-9(6-7)16-12-15-8(4-5-14)11(13)17(10)12/h2-3,6H,4-5,14H2,1H3,(H,15,16). The molecule has 3 N–H and O–H groups in total. The van der Waals surface area contributed by atoms with E-state index < -0.39 is 0 Å². The van der Waals surface area contributed by atoms with E-state index in [2.05, 4.69) is 55.4 Å². The summed E-state index contributed by atoms with van der Waals surface area (Å²) in [5.74, 6) is 0.862. The quantitative estimate of drug-likeness (QED) is 0.762.